The van der Waals surface area contributed by atoms with E-state index in [-0.39, 0.29) is 12.3 Å². The van der Waals surface area contributed by atoms with E-state index in [1.54, 1.807) is 5.38 Å². The highest BCUT2D eigenvalue weighted by Crippen LogP contribution is 2.35. The molecule has 112 valence electrons. The highest BCUT2D eigenvalue weighted by molar-refractivity contribution is 7.15. The maximum absolute atomic E-state index is 11.9. The molecule has 1 fully saturated rings. The highest BCUT2D eigenvalue weighted by atomic mass is 32.1. The van der Waals surface area contributed by atoms with Crippen LogP contribution in [0.2, 0.25) is 0 Å². The monoisotopic (exact) mass is 323 g/mol. The van der Waals surface area contributed by atoms with Gasteiger partial charge in [0.15, 0.2) is 5.13 Å². The molecule has 0 saturated heterocycles. The van der Waals surface area contributed by atoms with E-state index in [2.05, 4.69) is 20.5 Å². The molecule has 1 amide bonds. The van der Waals surface area contributed by atoms with E-state index in [0.717, 1.165) is 5.01 Å². The van der Waals surface area contributed by atoms with Crippen molar-refractivity contribution in [2.24, 2.45) is 0 Å². The molecule has 0 aromatic carbocycles. The van der Waals surface area contributed by atoms with E-state index in [1.807, 2.05) is 0 Å². The Morgan fingerprint density at radius 3 is 2.86 bits per heavy atom. The van der Waals surface area contributed by atoms with Crippen LogP contribution in [0.1, 0.15) is 48.7 Å². The van der Waals surface area contributed by atoms with Crippen molar-refractivity contribution in [1.82, 2.24) is 15.2 Å². The van der Waals surface area contributed by atoms with Gasteiger partial charge in [-0.2, -0.15) is 0 Å². The van der Waals surface area contributed by atoms with E-state index < -0.39 is 0 Å². The number of thiazole rings is 1. The first-order chi connectivity index (χ1) is 10.2. The average Bonchev–Trinajstić information content (AvgIpc) is 3.09. The second-order valence-corrected chi connectivity index (χ2v) is 7.08. The number of carbonyl (C=O) groups is 1. The zero-order chi connectivity index (χ0) is 14.7. The van der Waals surface area contributed by atoms with Gasteiger partial charge in [0.05, 0.1) is 12.1 Å². The molecule has 1 aliphatic rings. The molecule has 21 heavy (non-hydrogen) atoms. The third-order valence-electron chi connectivity index (χ3n) is 3.55. The van der Waals surface area contributed by atoms with Gasteiger partial charge in [0, 0.05) is 11.3 Å². The molecule has 0 bridgehead atoms. The first-order valence-electron chi connectivity index (χ1n) is 7.04. The van der Waals surface area contributed by atoms with Gasteiger partial charge in [0.1, 0.15) is 5.01 Å². The lowest BCUT2D eigenvalue weighted by atomic mass is 9.90. The third-order valence-corrected chi connectivity index (χ3v) is 5.28. The van der Waals surface area contributed by atoms with E-state index in [4.69, 9.17) is 5.73 Å². The molecule has 3 rings (SSSR count). The van der Waals surface area contributed by atoms with Crippen molar-refractivity contribution < 1.29 is 4.79 Å². The summed E-state index contributed by atoms with van der Waals surface area (Å²) in [6.45, 7) is 0. The van der Waals surface area contributed by atoms with Gasteiger partial charge in [-0.1, -0.05) is 30.6 Å². The molecule has 2 aromatic heterocycles. The van der Waals surface area contributed by atoms with Crippen LogP contribution in [0.3, 0.4) is 0 Å². The maximum Gasteiger partial charge on any atom is 0.232 e. The molecule has 0 radical (unpaired) electrons. The van der Waals surface area contributed by atoms with Crippen molar-refractivity contribution in [3.8, 4) is 0 Å². The fraction of sp³-hybridized carbons (Fsp3) is 0.538. The molecular formula is C13H17N5OS2. The topological polar surface area (TPSA) is 93.8 Å². The second-order valence-electron chi connectivity index (χ2n) is 5.18. The molecule has 0 unspecified atom stereocenters. The quantitative estimate of drug-likeness (QED) is 0.902. The minimum Gasteiger partial charge on any atom is -0.375 e. The predicted octanol–water partition coefficient (Wildman–Crippen LogP) is 2.81. The van der Waals surface area contributed by atoms with Gasteiger partial charge in [-0.15, -0.1) is 21.5 Å². The van der Waals surface area contributed by atoms with Gasteiger partial charge < -0.3 is 11.1 Å². The molecule has 1 saturated carbocycles. The zero-order valence-electron chi connectivity index (χ0n) is 11.5. The maximum atomic E-state index is 11.9. The van der Waals surface area contributed by atoms with E-state index in [1.165, 1.54) is 54.8 Å². The normalized spacial score (nSPS) is 16.0. The van der Waals surface area contributed by atoms with Crippen molar-refractivity contribution in [2.75, 3.05) is 11.1 Å². The molecule has 2 aromatic rings. The summed E-state index contributed by atoms with van der Waals surface area (Å²) in [6.07, 6.45) is 6.41. The number of nitrogens with zero attached hydrogens (tertiary/aromatic N) is 3. The van der Waals surface area contributed by atoms with Crippen LogP contribution in [0.25, 0.3) is 0 Å². The smallest absolute Gasteiger partial charge is 0.232 e. The third kappa shape index (κ3) is 3.76. The summed E-state index contributed by atoms with van der Waals surface area (Å²) in [5, 5.41) is 15.0. The molecule has 0 spiro atoms. The Labute approximate surface area is 130 Å². The van der Waals surface area contributed by atoms with Crippen LogP contribution >= 0.6 is 22.7 Å². The number of rotatable bonds is 4. The number of hydrogen-bond donors (Lipinski definition) is 2. The van der Waals surface area contributed by atoms with Crippen molar-refractivity contribution >= 4 is 38.8 Å². The zero-order valence-corrected chi connectivity index (χ0v) is 13.2. The lowest BCUT2D eigenvalue weighted by Gasteiger charge is -2.18. The average molecular weight is 323 g/mol. The first-order valence-corrected chi connectivity index (χ1v) is 8.73. The Morgan fingerprint density at radius 2 is 2.14 bits per heavy atom. The first kappa shape index (κ1) is 14.4. The Morgan fingerprint density at radius 1 is 1.33 bits per heavy atom. The summed E-state index contributed by atoms with van der Waals surface area (Å²) >= 11 is 2.82. The SMILES string of the molecule is Nc1nc(CC(=O)Nc2nnc(C3CCCCC3)s2)cs1. The molecule has 8 heteroatoms. The van der Waals surface area contributed by atoms with Crippen molar-refractivity contribution in [3.05, 3.63) is 16.1 Å². The molecule has 2 heterocycles. The molecule has 6 nitrogen and oxygen atoms in total. The summed E-state index contributed by atoms with van der Waals surface area (Å²) in [5.74, 6) is 0.381. The summed E-state index contributed by atoms with van der Waals surface area (Å²) < 4.78 is 0. The minimum absolute atomic E-state index is 0.133. The number of anilines is 2. The summed E-state index contributed by atoms with van der Waals surface area (Å²) in [5.41, 5.74) is 6.24. The molecule has 3 N–H and O–H groups in total. The summed E-state index contributed by atoms with van der Waals surface area (Å²) in [7, 11) is 0. The highest BCUT2D eigenvalue weighted by Gasteiger charge is 2.20. The summed E-state index contributed by atoms with van der Waals surface area (Å²) in [4.78, 5) is 16.0. The number of nitrogens with two attached hydrogens (primary N) is 1. The number of hydrogen-bond acceptors (Lipinski definition) is 7. The fourth-order valence-corrected chi connectivity index (χ4v) is 4.02. The van der Waals surface area contributed by atoms with Crippen LogP contribution in [0.15, 0.2) is 5.38 Å². The van der Waals surface area contributed by atoms with Crippen LogP contribution in [0, 0.1) is 0 Å². The van der Waals surface area contributed by atoms with Crippen LogP contribution in [0.4, 0.5) is 10.3 Å². The Balaban J connectivity index is 1.57. The predicted molar refractivity (Wildman–Crippen MR) is 84.6 cm³/mol. The van der Waals surface area contributed by atoms with Gasteiger partial charge in [-0.05, 0) is 12.8 Å². The number of aromatic nitrogens is 3. The number of carbonyl (C=O) groups excluding carboxylic acids is 1. The van der Waals surface area contributed by atoms with E-state index in [0.29, 0.717) is 21.9 Å². The molecular weight excluding hydrogens is 306 g/mol. The van der Waals surface area contributed by atoms with Crippen molar-refractivity contribution in [2.45, 2.75) is 44.4 Å². The Hall–Kier alpha value is -1.54. The number of nitrogen functional groups attached to an aromatic ring is 1. The van der Waals surface area contributed by atoms with Crippen LogP contribution in [-0.2, 0) is 11.2 Å². The number of nitrogens with one attached hydrogen (secondary N) is 1. The van der Waals surface area contributed by atoms with Crippen molar-refractivity contribution in [1.29, 1.82) is 0 Å². The molecule has 1 aliphatic carbocycles. The standard InChI is InChI=1S/C13H17N5OS2/c14-12-15-9(7-20-12)6-10(19)16-13-18-17-11(21-13)8-4-2-1-3-5-8/h7-8H,1-6H2,(H2,14,15)(H,16,18,19). The van der Waals surface area contributed by atoms with Gasteiger partial charge in [0.25, 0.3) is 0 Å². The fourth-order valence-electron chi connectivity index (χ4n) is 2.53. The Kier molecular flexibility index (Phi) is 4.45. The van der Waals surface area contributed by atoms with Crippen molar-refractivity contribution in [3.63, 3.8) is 0 Å². The van der Waals surface area contributed by atoms with Gasteiger partial charge in [0.2, 0.25) is 11.0 Å². The lowest BCUT2D eigenvalue weighted by molar-refractivity contribution is -0.115. The van der Waals surface area contributed by atoms with Crippen LogP contribution in [-0.4, -0.2) is 21.1 Å². The largest absolute Gasteiger partial charge is 0.375 e. The van der Waals surface area contributed by atoms with E-state index >= 15 is 0 Å². The van der Waals surface area contributed by atoms with E-state index in [9.17, 15) is 4.79 Å². The minimum atomic E-state index is -0.133. The lowest BCUT2D eigenvalue weighted by Crippen LogP contribution is -2.14. The van der Waals surface area contributed by atoms with Gasteiger partial charge in [-0.3, -0.25) is 4.79 Å². The second kappa shape index (κ2) is 6.48. The number of amides is 1. The molecule has 0 aliphatic heterocycles. The Bertz CT molecular complexity index is 618. The summed E-state index contributed by atoms with van der Waals surface area (Å²) in [6, 6.07) is 0. The van der Waals surface area contributed by atoms with Gasteiger partial charge in [-0.25, -0.2) is 4.98 Å². The van der Waals surface area contributed by atoms with Gasteiger partial charge >= 0.3 is 0 Å². The molecule has 0 atom stereocenters. The van der Waals surface area contributed by atoms with Crippen LogP contribution < -0.4 is 11.1 Å². The van der Waals surface area contributed by atoms with Crippen LogP contribution in [0.5, 0.6) is 0 Å².